The molecule has 0 unspecified atom stereocenters. The van der Waals surface area contributed by atoms with Gasteiger partial charge in [0.05, 0.1) is 6.61 Å². The molecule has 1 aromatic rings. The predicted octanol–water partition coefficient (Wildman–Crippen LogP) is 3.00. The highest BCUT2D eigenvalue weighted by molar-refractivity contribution is 5.94. The Bertz CT molecular complexity index is 674. The van der Waals surface area contributed by atoms with Crippen molar-refractivity contribution in [3.63, 3.8) is 0 Å². The molecule has 0 fully saturated rings. The Morgan fingerprint density at radius 3 is 2.43 bits per heavy atom. The summed E-state index contributed by atoms with van der Waals surface area (Å²) < 4.78 is 4.93. The summed E-state index contributed by atoms with van der Waals surface area (Å²) in [4.78, 5) is 29.2. The first kappa shape index (κ1) is 25.5. The van der Waals surface area contributed by atoms with Crippen LogP contribution in [0.25, 0.3) is 0 Å². The lowest BCUT2D eigenvalue weighted by atomic mass is 10.1. The molecule has 0 aliphatic rings. The topological polar surface area (TPSA) is 83.0 Å². The van der Waals surface area contributed by atoms with E-state index in [0.717, 1.165) is 63.1 Å². The number of amides is 1. The molecule has 0 bridgehead atoms. The van der Waals surface area contributed by atoms with Crippen LogP contribution in [0, 0.1) is 0 Å². The first-order valence-corrected chi connectivity index (χ1v) is 10.9. The van der Waals surface area contributed by atoms with Gasteiger partial charge in [-0.1, -0.05) is 31.4 Å². The summed E-state index contributed by atoms with van der Waals surface area (Å²) in [6.07, 6.45) is 6.60. The molecule has 1 aromatic carbocycles. The Hall–Kier alpha value is -2.57. The first-order chi connectivity index (χ1) is 14.5. The van der Waals surface area contributed by atoms with Gasteiger partial charge < -0.3 is 20.3 Å². The number of nitrogens with zero attached hydrogens (tertiary/aromatic N) is 2. The third kappa shape index (κ3) is 10.8. The molecular weight excluding hydrogens is 380 g/mol. The van der Waals surface area contributed by atoms with E-state index in [4.69, 9.17) is 4.74 Å². The van der Waals surface area contributed by atoms with Crippen LogP contribution in [0.2, 0.25) is 0 Å². The van der Waals surface area contributed by atoms with Gasteiger partial charge in [-0.15, -0.1) is 0 Å². The number of aliphatic imine (C=N–C) groups is 1. The Kier molecular flexibility index (Phi) is 13.0. The van der Waals surface area contributed by atoms with Gasteiger partial charge in [0.2, 0.25) is 0 Å². The number of carbonyl (C=O) groups excluding carboxylic acids is 2. The summed E-state index contributed by atoms with van der Waals surface area (Å²) in [6.45, 7) is 3.90. The number of nitrogens with one attached hydrogen (secondary N) is 2. The van der Waals surface area contributed by atoms with Crippen LogP contribution in [0.3, 0.4) is 0 Å². The van der Waals surface area contributed by atoms with Crippen LogP contribution in [-0.2, 0) is 16.0 Å². The van der Waals surface area contributed by atoms with Gasteiger partial charge in [-0.05, 0) is 43.9 Å². The highest BCUT2D eigenvalue weighted by Crippen LogP contribution is 2.08. The zero-order valence-electron chi connectivity index (χ0n) is 19.0. The van der Waals surface area contributed by atoms with E-state index in [2.05, 4.69) is 15.6 Å². The lowest BCUT2D eigenvalue weighted by Gasteiger charge is -2.13. The molecule has 0 spiro atoms. The second-order valence-electron chi connectivity index (χ2n) is 7.40. The summed E-state index contributed by atoms with van der Waals surface area (Å²) in [6, 6.07) is 7.75. The van der Waals surface area contributed by atoms with Gasteiger partial charge in [0.15, 0.2) is 5.96 Å². The van der Waals surface area contributed by atoms with E-state index in [0.29, 0.717) is 18.6 Å². The van der Waals surface area contributed by atoms with Crippen LogP contribution in [0.1, 0.15) is 61.4 Å². The van der Waals surface area contributed by atoms with Gasteiger partial charge >= 0.3 is 5.97 Å². The molecule has 7 heteroatoms. The monoisotopic (exact) mass is 418 g/mol. The normalized spacial score (nSPS) is 11.1. The lowest BCUT2D eigenvalue weighted by molar-refractivity contribution is -0.143. The largest absolute Gasteiger partial charge is 0.466 e. The second-order valence-corrected chi connectivity index (χ2v) is 7.40. The van der Waals surface area contributed by atoms with Gasteiger partial charge in [-0.25, -0.2) is 0 Å². The SMILES string of the molecule is CCOC(=O)CCCCCCCNC(=NC)NCCc1cccc(C(=O)N(C)C)c1. The van der Waals surface area contributed by atoms with Gasteiger partial charge in [-0.2, -0.15) is 0 Å². The van der Waals surface area contributed by atoms with Gasteiger partial charge in [0.1, 0.15) is 0 Å². The van der Waals surface area contributed by atoms with Crippen LogP contribution in [0.4, 0.5) is 0 Å². The van der Waals surface area contributed by atoms with Crippen molar-refractivity contribution in [2.75, 3.05) is 40.8 Å². The molecule has 0 atom stereocenters. The van der Waals surface area contributed by atoms with E-state index >= 15 is 0 Å². The number of carbonyl (C=O) groups is 2. The minimum atomic E-state index is -0.0925. The van der Waals surface area contributed by atoms with Crippen molar-refractivity contribution in [2.24, 2.45) is 4.99 Å². The van der Waals surface area contributed by atoms with Gasteiger partial charge in [0, 0.05) is 46.2 Å². The summed E-state index contributed by atoms with van der Waals surface area (Å²) in [5, 5.41) is 6.65. The third-order valence-electron chi connectivity index (χ3n) is 4.67. The number of hydrogen-bond acceptors (Lipinski definition) is 4. The predicted molar refractivity (Wildman–Crippen MR) is 122 cm³/mol. The molecule has 1 amide bonds. The summed E-state index contributed by atoms with van der Waals surface area (Å²) in [5.41, 5.74) is 1.83. The molecule has 30 heavy (non-hydrogen) atoms. The van der Waals surface area contributed by atoms with Crippen LogP contribution in [0.15, 0.2) is 29.3 Å². The fourth-order valence-corrected chi connectivity index (χ4v) is 3.03. The number of esters is 1. The first-order valence-electron chi connectivity index (χ1n) is 10.9. The van der Waals surface area contributed by atoms with Crippen molar-refractivity contribution in [1.29, 1.82) is 0 Å². The minimum Gasteiger partial charge on any atom is -0.466 e. The van der Waals surface area contributed by atoms with Crippen molar-refractivity contribution >= 4 is 17.8 Å². The number of benzene rings is 1. The number of hydrogen-bond donors (Lipinski definition) is 2. The molecule has 0 aromatic heterocycles. The Morgan fingerprint density at radius 1 is 1.03 bits per heavy atom. The van der Waals surface area contributed by atoms with E-state index in [1.54, 1.807) is 26.0 Å². The fourth-order valence-electron chi connectivity index (χ4n) is 3.03. The lowest BCUT2D eigenvalue weighted by Crippen LogP contribution is -2.38. The summed E-state index contributed by atoms with van der Waals surface area (Å²) >= 11 is 0. The highest BCUT2D eigenvalue weighted by atomic mass is 16.5. The van der Waals surface area contributed by atoms with E-state index < -0.39 is 0 Å². The molecule has 0 heterocycles. The smallest absolute Gasteiger partial charge is 0.305 e. The van der Waals surface area contributed by atoms with E-state index in [1.807, 2.05) is 31.2 Å². The van der Waals surface area contributed by atoms with Crippen LogP contribution in [-0.4, -0.2) is 63.6 Å². The standard InChI is InChI=1S/C23H38N4O3/c1-5-30-21(28)14-9-7-6-8-10-16-25-23(24-2)26-17-15-19-12-11-13-20(18-19)22(29)27(3)4/h11-13,18H,5-10,14-17H2,1-4H3,(H2,24,25,26). The Labute approximate surface area is 181 Å². The highest BCUT2D eigenvalue weighted by Gasteiger charge is 2.08. The molecule has 1 rings (SSSR count). The Balaban J connectivity index is 2.17. The molecule has 168 valence electrons. The van der Waals surface area contributed by atoms with Crippen LogP contribution < -0.4 is 10.6 Å². The van der Waals surface area contributed by atoms with Crippen molar-refractivity contribution < 1.29 is 14.3 Å². The molecule has 0 radical (unpaired) electrons. The third-order valence-corrected chi connectivity index (χ3v) is 4.67. The van der Waals surface area contributed by atoms with Crippen LogP contribution in [0.5, 0.6) is 0 Å². The van der Waals surface area contributed by atoms with E-state index in [1.165, 1.54) is 0 Å². The number of rotatable bonds is 13. The average molecular weight is 419 g/mol. The maximum absolute atomic E-state index is 12.1. The zero-order chi connectivity index (χ0) is 22.2. The molecule has 2 N–H and O–H groups in total. The fraction of sp³-hybridized carbons (Fsp3) is 0.609. The van der Waals surface area contributed by atoms with E-state index in [9.17, 15) is 9.59 Å². The van der Waals surface area contributed by atoms with Gasteiger partial charge in [-0.3, -0.25) is 14.6 Å². The van der Waals surface area contributed by atoms with Crippen molar-refractivity contribution in [3.8, 4) is 0 Å². The second kappa shape index (κ2) is 15.3. The van der Waals surface area contributed by atoms with Crippen molar-refractivity contribution in [2.45, 2.75) is 51.9 Å². The van der Waals surface area contributed by atoms with Crippen molar-refractivity contribution in [3.05, 3.63) is 35.4 Å². The average Bonchev–Trinajstić information content (AvgIpc) is 2.74. The summed E-state index contributed by atoms with van der Waals surface area (Å²) in [5.74, 6) is 0.714. The Morgan fingerprint density at radius 2 is 1.73 bits per heavy atom. The van der Waals surface area contributed by atoms with Crippen molar-refractivity contribution in [1.82, 2.24) is 15.5 Å². The maximum atomic E-state index is 12.1. The maximum Gasteiger partial charge on any atom is 0.305 e. The molecule has 0 saturated heterocycles. The number of ether oxygens (including phenoxy) is 1. The quantitative estimate of drug-likeness (QED) is 0.223. The number of guanidine groups is 1. The molecule has 7 nitrogen and oxygen atoms in total. The molecule has 0 aliphatic heterocycles. The number of unbranched alkanes of at least 4 members (excludes halogenated alkanes) is 4. The van der Waals surface area contributed by atoms with Crippen LogP contribution >= 0.6 is 0 Å². The molecule has 0 aliphatic carbocycles. The summed E-state index contributed by atoms with van der Waals surface area (Å²) in [7, 11) is 5.28. The molecular formula is C23H38N4O3. The van der Waals surface area contributed by atoms with Gasteiger partial charge in [0.25, 0.3) is 5.91 Å². The van der Waals surface area contributed by atoms with E-state index in [-0.39, 0.29) is 11.9 Å². The molecule has 0 saturated carbocycles. The zero-order valence-corrected chi connectivity index (χ0v) is 19.0. The minimum absolute atomic E-state index is 0.0168.